The standard InChI is InChI=1S/C16H22N4O/c1-3-6-16(7-8-17-10-16)15(21)20-12-4-5-13-14(9-12)19-11(2)18-13/h4-5,9,17H,3,6-8,10H2,1-2H3,(H,18,19)(H,20,21). The van der Waals surface area contributed by atoms with Gasteiger partial charge in [0.2, 0.25) is 5.91 Å². The lowest BCUT2D eigenvalue weighted by molar-refractivity contribution is -0.125. The molecule has 1 aromatic heterocycles. The molecule has 3 rings (SSSR count). The van der Waals surface area contributed by atoms with Crippen molar-refractivity contribution in [1.29, 1.82) is 0 Å². The van der Waals surface area contributed by atoms with E-state index in [4.69, 9.17) is 0 Å². The smallest absolute Gasteiger partial charge is 0.231 e. The van der Waals surface area contributed by atoms with Gasteiger partial charge in [-0.2, -0.15) is 0 Å². The van der Waals surface area contributed by atoms with Crippen molar-refractivity contribution < 1.29 is 4.79 Å². The summed E-state index contributed by atoms with van der Waals surface area (Å²) in [4.78, 5) is 20.3. The van der Waals surface area contributed by atoms with Gasteiger partial charge in [-0.1, -0.05) is 13.3 Å². The Bertz CT molecular complexity index is 655. The average Bonchev–Trinajstić information content (AvgIpc) is 3.05. The van der Waals surface area contributed by atoms with Gasteiger partial charge in [-0.3, -0.25) is 4.79 Å². The van der Waals surface area contributed by atoms with Crippen molar-refractivity contribution >= 4 is 22.6 Å². The Balaban J connectivity index is 1.81. The summed E-state index contributed by atoms with van der Waals surface area (Å²) in [7, 11) is 0. The first-order chi connectivity index (χ1) is 10.1. The summed E-state index contributed by atoms with van der Waals surface area (Å²) in [5.74, 6) is 1.01. The van der Waals surface area contributed by atoms with Crippen LogP contribution in [-0.2, 0) is 4.79 Å². The summed E-state index contributed by atoms with van der Waals surface area (Å²) in [6.07, 6.45) is 2.86. The van der Waals surface area contributed by atoms with Gasteiger partial charge in [-0.25, -0.2) is 4.98 Å². The third-order valence-corrected chi connectivity index (χ3v) is 4.31. The highest BCUT2D eigenvalue weighted by Gasteiger charge is 2.40. The van der Waals surface area contributed by atoms with Crippen LogP contribution in [0.1, 0.15) is 32.0 Å². The Kier molecular flexibility index (Phi) is 3.68. The first kappa shape index (κ1) is 14.1. The van der Waals surface area contributed by atoms with Gasteiger partial charge in [-0.15, -0.1) is 0 Å². The van der Waals surface area contributed by atoms with E-state index in [9.17, 15) is 4.79 Å². The molecule has 1 amide bonds. The highest BCUT2D eigenvalue weighted by Crippen LogP contribution is 2.32. The van der Waals surface area contributed by atoms with Crippen molar-refractivity contribution in [2.75, 3.05) is 18.4 Å². The van der Waals surface area contributed by atoms with Crippen molar-refractivity contribution in [2.45, 2.75) is 33.1 Å². The van der Waals surface area contributed by atoms with Crippen molar-refractivity contribution in [3.05, 3.63) is 24.0 Å². The summed E-state index contributed by atoms with van der Waals surface area (Å²) in [6.45, 7) is 5.76. The molecule has 1 aromatic carbocycles. The van der Waals surface area contributed by atoms with E-state index >= 15 is 0 Å². The molecule has 3 N–H and O–H groups in total. The molecule has 5 nitrogen and oxygen atoms in total. The van der Waals surface area contributed by atoms with Gasteiger partial charge < -0.3 is 15.6 Å². The number of nitrogens with one attached hydrogen (secondary N) is 3. The van der Waals surface area contributed by atoms with Crippen LogP contribution in [0.25, 0.3) is 11.0 Å². The lowest BCUT2D eigenvalue weighted by atomic mass is 9.81. The number of hydrogen-bond donors (Lipinski definition) is 3. The van der Waals surface area contributed by atoms with Crippen molar-refractivity contribution in [2.24, 2.45) is 5.41 Å². The van der Waals surface area contributed by atoms with Gasteiger partial charge >= 0.3 is 0 Å². The second-order valence-electron chi connectivity index (χ2n) is 5.97. The Labute approximate surface area is 124 Å². The zero-order chi connectivity index (χ0) is 14.9. The predicted octanol–water partition coefficient (Wildman–Crippen LogP) is 2.59. The Morgan fingerprint density at radius 2 is 2.33 bits per heavy atom. The number of hydrogen-bond acceptors (Lipinski definition) is 3. The quantitative estimate of drug-likeness (QED) is 0.809. The molecule has 1 saturated heterocycles. The monoisotopic (exact) mass is 286 g/mol. The second-order valence-corrected chi connectivity index (χ2v) is 5.97. The molecule has 0 aliphatic carbocycles. The summed E-state index contributed by atoms with van der Waals surface area (Å²) in [5.41, 5.74) is 2.46. The van der Waals surface area contributed by atoms with Crippen LogP contribution >= 0.6 is 0 Å². The van der Waals surface area contributed by atoms with E-state index in [1.807, 2.05) is 25.1 Å². The van der Waals surface area contributed by atoms with E-state index in [2.05, 4.69) is 27.5 Å². The number of aromatic nitrogens is 2. The molecule has 1 aliphatic heterocycles. The van der Waals surface area contributed by atoms with Crippen molar-refractivity contribution in [1.82, 2.24) is 15.3 Å². The summed E-state index contributed by atoms with van der Waals surface area (Å²) in [6, 6.07) is 5.81. The molecule has 5 heteroatoms. The number of anilines is 1. The highest BCUT2D eigenvalue weighted by molar-refractivity contribution is 5.97. The zero-order valence-electron chi connectivity index (χ0n) is 12.6. The number of imidazole rings is 1. The molecule has 2 aromatic rings. The molecule has 0 saturated carbocycles. The summed E-state index contributed by atoms with van der Waals surface area (Å²) >= 11 is 0. The summed E-state index contributed by atoms with van der Waals surface area (Å²) in [5, 5.41) is 6.40. The minimum atomic E-state index is -0.256. The van der Waals surface area contributed by atoms with Crippen LogP contribution < -0.4 is 10.6 Å². The number of aromatic amines is 1. The van der Waals surface area contributed by atoms with Gasteiger partial charge in [0.15, 0.2) is 0 Å². The first-order valence-corrected chi connectivity index (χ1v) is 7.61. The number of carbonyl (C=O) groups excluding carboxylic acids is 1. The highest BCUT2D eigenvalue weighted by atomic mass is 16.2. The first-order valence-electron chi connectivity index (χ1n) is 7.61. The minimum Gasteiger partial charge on any atom is -0.342 e. The number of aryl methyl sites for hydroxylation is 1. The fourth-order valence-corrected chi connectivity index (χ4v) is 3.22. The van der Waals surface area contributed by atoms with Crippen LogP contribution in [0.15, 0.2) is 18.2 Å². The number of carbonyl (C=O) groups is 1. The number of amides is 1. The molecule has 0 bridgehead atoms. The number of nitrogens with zero attached hydrogens (tertiary/aromatic N) is 1. The second kappa shape index (κ2) is 5.48. The molecular formula is C16H22N4O. The third-order valence-electron chi connectivity index (χ3n) is 4.31. The van der Waals surface area contributed by atoms with Crippen LogP contribution in [0, 0.1) is 12.3 Å². The maximum atomic E-state index is 12.7. The molecule has 1 fully saturated rings. The van der Waals surface area contributed by atoms with E-state index < -0.39 is 0 Å². The topological polar surface area (TPSA) is 69.8 Å². The van der Waals surface area contributed by atoms with Crippen LogP contribution in [0.4, 0.5) is 5.69 Å². The number of fused-ring (bicyclic) bond motifs is 1. The van der Waals surface area contributed by atoms with Crippen LogP contribution in [-0.4, -0.2) is 29.0 Å². The maximum Gasteiger partial charge on any atom is 0.231 e. The molecule has 0 radical (unpaired) electrons. The SMILES string of the molecule is CCCC1(C(=O)Nc2ccc3nc(C)[nH]c3c2)CCNC1. The van der Waals surface area contributed by atoms with Gasteiger partial charge in [-0.05, 0) is 44.5 Å². The summed E-state index contributed by atoms with van der Waals surface area (Å²) < 4.78 is 0. The zero-order valence-corrected chi connectivity index (χ0v) is 12.6. The number of rotatable bonds is 4. The maximum absolute atomic E-state index is 12.7. The van der Waals surface area contributed by atoms with E-state index in [1.165, 1.54) is 0 Å². The van der Waals surface area contributed by atoms with Crippen LogP contribution in [0.5, 0.6) is 0 Å². The molecule has 0 spiro atoms. The van der Waals surface area contributed by atoms with E-state index in [1.54, 1.807) is 0 Å². The van der Waals surface area contributed by atoms with Gasteiger partial charge in [0.1, 0.15) is 5.82 Å². The molecule has 2 heterocycles. The largest absolute Gasteiger partial charge is 0.342 e. The average molecular weight is 286 g/mol. The predicted molar refractivity (Wildman–Crippen MR) is 84.3 cm³/mol. The van der Waals surface area contributed by atoms with Gasteiger partial charge in [0.25, 0.3) is 0 Å². The third kappa shape index (κ3) is 2.65. The molecule has 21 heavy (non-hydrogen) atoms. The normalized spacial score (nSPS) is 21.8. The number of H-pyrrole nitrogens is 1. The Morgan fingerprint density at radius 1 is 1.48 bits per heavy atom. The fourth-order valence-electron chi connectivity index (χ4n) is 3.22. The minimum absolute atomic E-state index is 0.130. The Hall–Kier alpha value is -1.88. The molecular weight excluding hydrogens is 264 g/mol. The van der Waals surface area contributed by atoms with E-state index in [-0.39, 0.29) is 11.3 Å². The molecule has 1 atom stereocenters. The lowest BCUT2D eigenvalue weighted by Crippen LogP contribution is -2.38. The van der Waals surface area contributed by atoms with Crippen molar-refractivity contribution in [3.63, 3.8) is 0 Å². The van der Waals surface area contributed by atoms with Crippen molar-refractivity contribution in [3.8, 4) is 0 Å². The van der Waals surface area contributed by atoms with Gasteiger partial charge in [0, 0.05) is 12.2 Å². The molecule has 112 valence electrons. The lowest BCUT2D eigenvalue weighted by Gasteiger charge is -2.26. The molecule has 1 aliphatic rings. The van der Waals surface area contributed by atoms with Gasteiger partial charge in [0.05, 0.1) is 16.4 Å². The van der Waals surface area contributed by atoms with Crippen LogP contribution in [0.3, 0.4) is 0 Å². The number of benzene rings is 1. The van der Waals surface area contributed by atoms with E-state index in [0.29, 0.717) is 0 Å². The Morgan fingerprint density at radius 3 is 3.05 bits per heavy atom. The van der Waals surface area contributed by atoms with E-state index in [0.717, 1.165) is 54.9 Å². The van der Waals surface area contributed by atoms with Crippen LogP contribution in [0.2, 0.25) is 0 Å². The molecule has 1 unspecified atom stereocenters. The fraction of sp³-hybridized carbons (Fsp3) is 0.500.